The van der Waals surface area contributed by atoms with Crippen LogP contribution in [-0.2, 0) is 24.3 Å². The molecule has 10 nitrogen and oxygen atoms in total. The molecule has 0 radical (unpaired) electrons. The Kier molecular flexibility index (Phi) is 9.08. The van der Waals surface area contributed by atoms with Gasteiger partial charge in [-0.3, -0.25) is 9.10 Å². The summed E-state index contributed by atoms with van der Waals surface area (Å²) in [6.07, 6.45) is 0. The number of hydrogen-bond donors (Lipinski definition) is 1. The van der Waals surface area contributed by atoms with E-state index in [1.807, 2.05) is 13.8 Å². The van der Waals surface area contributed by atoms with Gasteiger partial charge in [-0.2, -0.15) is 0 Å². The number of carbonyl (C=O) groups excluding carboxylic acids is 3. The van der Waals surface area contributed by atoms with Gasteiger partial charge in [-0.25, -0.2) is 18.0 Å². The first kappa shape index (κ1) is 28.2. The molecule has 38 heavy (non-hydrogen) atoms. The van der Waals surface area contributed by atoms with Crippen molar-refractivity contribution in [1.82, 2.24) is 0 Å². The van der Waals surface area contributed by atoms with Gasteiger partial charge >= 0.3 is 11.9 Å². The van der Waals surface area contributed by atoms with E-state index < -0.39 is 34.4 Å². The Balaban J connectivity index is 2.00. The van der Waals surface area contributed by atoms with Gasteiger partial charge in [0.25, 0.3) is 10.0 Å². The number of nitrogens with one attached hydrogen (secondary N) is 1. The number of sulfonamides is 1. The van der Waals surface area contributed by atoms with Crippen LogP contribution in [0.3, 0.4) is 0 Å². The van der Waals surface area contributed by atoms with Crippen molar-refractivity contribution in [3.8, 4) is 5.75 Å². The number of carbonyl (C=O) groups is 3. The normalized spacial score (nSPS) is 10.8. The summed E-state index contributed by atoms with van der Waals surface area (Å²) in [7, 11) is -1.81. The summed E-state index contributed by atoms with van der Waals surface area (Å²) in [5.41, 5.74) is 1.11. The summed E-state index contributed by atoms with van der Waals surface area (Å²) in [6, 6.07) is 16.4. The van der Waals surface area contributed by atoms with E-state index in [-0.39, 0.29) is 27.4 Å². The van der Waals surface area contributed by atoms with Crippen molar-refractivity contribution in [3.05, 3.63) is 83.4 Å². The average Bonchev–Trinajstić information content (AvgIpc) is 2.91. The second-order valence-corrected chi connectivity index (χ2v) is 9.91. The standard InChI is InChI=1S/C27H28N2O8S/c1-5-37-21-11-9-20(10-12-21)29(38(33,34)22-13-6-18(2)7-14-22)17-25(30)28-24-16-19(26(31)35-3)8-15-23(24)27(32)36-4/h6-16H,5,17H2,1-4H3,(H,28,30). The molecule has 0 saturated carbocycles. The Bertz CT molecular complexity index is 1420. The van der Waals surface area contributed by atoms with E-state index in [4.69, 9.17) is 14.2 Å². The van der Waals surface area contributed by atoms with Gasteiger partial charge in [-0.15, -0.1) is 0 Å². The first-order valence-electron chi connectivity index (χ1n) is 11.5. The van der Waals surface area contributed by atoms with Crippen LogP contribution in [-0.4, -0.2) is 53.6 Å². The lowest BCUT2D eigenvalue weighted by atomic mass is 10.1. The van der Waals surface area contributed by atoms with Crippen molar-refractivity contribution in [2.75, 3.05) is 37.0 Å². The second kappa shape index (κ2) is 12.2. The van der Waals surface area contributed by atoms with Gasteiger partial charge in [0.1, 0.15) is 12.3 Å². The number of esters is 2. The molecule has 0 unspecified atom stereocenters. The molecule has 0 saturated heterocycles. The van der Waals surface area contributed by atoms with Crippen LogP contribution in [0.1, 0.15) is 33.2 Å². The maximum atomic E-state index is 13.6. The minimum absolute atomic E-state index is 0.00674. The van der Waals surface area contributed by atoms with Crippen molar-refractivity contribution >= 4 is 39.2 Å². The zero-order valence-corrected chi connectivity index (χ0v) is 22.2. The second-order valence-electron chi connectivity index (χ2n) is 8.04. The van der Waals surface area contributed by atoms with E-state index in [1.165, 1.54) is 56.7 Å². The Morgan fingerprint density at radius 3 is 2.08 bits per heavy atom. The zero-order valence-electron chi connectivity index (χ0n) is 21.4. The summed E-state index contributed by atoms with van der Waals surface area (Å²) >= 11 is 0. The van der Waals surface area contributed by atoms with Crippen molar-refractivity contribution < 1.29 is 37.0 Å². The number of aryl methyl sites for hydroxylation is 1. The number of methoxy groups -OCH3 is 2. The molecule has 1 N–H and O–H groups in total. The Morgan fingerprint density at radius 1 is 0.868 bits per heavy atom. The molecule has 0 aromatic heterocycles. The molecule has 0 heterocycles. The van der Waals surface area contributed by atoms with Crippen LogP contribution in [0.2, 0.25) is 0 Å². The molecule has 0 atom stereocenters. The first-order valence-corrected chi connectivity index (χ1v) is 13.0. The molecule has 200 valence electrons. The molecular formula is C27H28N2O8S. The van der Waals surface area contributed by atoms with Gasteiger partial charge in [0.15, 0.2) is 0 Å². The van der Waals surface area contributed by atoms with Gasteiger partial charge in [-0.05, 0) is 68.4 Å². The van der Waals surface area contributed by atoms with Crippen LogP contribution in [0.15, 0.2) is 71.6 Å². The highest BCUT2D eigenvalue weighted by Crippen LogP contribution is 2.27. The highest BCUT2D eigenvalue weighted by atomic mass is 32.2. The lowest BCUT2D eigenvalue weighted by Gasteiger charge is -2.24. The fourth-order valence-electron chi connectivity index (χ4n) is 3.53. The summed E-state index contributed by atoms with van der Waals surface area (Å²) in [5, 5.41) is 2.53. The van der Waals surface area contributed by atoms with Gasteiger partial charge in [0.2, 0.25) is 5.91 Å². The Morgan fingerprint density at radius 2 is 1.50 bits per heavy atom. The van der Waals surface area contributed by atoms with Crippen LogP contribution < -0.4 is 14.4 Å². The number of rotatable bonds is 10. The quantitative estimate of drug-likeness (QED) is 0.385. The lowest BCUT2D eigenvalue weighted by Crippen LogP contribution is -2.38. The maximum absolute atomic E-state index is 13.6. The number of benzene rings is 3. The van der Waals surface area contributed by atoms with Crippen molar-refractivity contribution in [1.29, 1.82) is 0 Å². The highest BCUT2D eigenvalue weighted by molar-refractivity contribution is 7.92. The van der Waals surface area contributed by atoms with E-state index in [0.29, 0.717) is 12.4 Å². The van der Waals surface area contributed by atoms with Gasteiger partial charge in [0, 0.05) is 0 Å². The molecule has 11 heteroatoms. The van der Waals surface area contributed by atoms with Crippen molar-refractivity contribution in [2.45, 2.75) is 18.7 Å². The van der Waals surface area contributed by atoms with E-state index in [2.05, 4.69) is 5.32 Å². The van der Waals surface area contributed by atoms with Crippen LogP contribution in [0, 0.1) is 6.92 Å². The molecule has 3 aromatic carbocycles. The Hall–Kier alpha value is -4.38. The highest BCUT2D eigenvalue weighted by Gasteiger charge is 2.28. The minimum atomic E-state index is -4.17. The van der Waals surface area contributed by atoms with Crippen LogP contribution >= 0.6 is 0 Å². The smallest absolute Gasteiger partial charge is 0.339 e. The molecule has 0 bridgehead atoms. The molecular weight excluding hydrogens is 512 g/mol. The van der Waals surface area contributed by atoms with Crippen molar-refractivity contribution in [2.24, 2.45) is 0 Å². The monoisotopic (exact) mass is 540 g/mol. The summed E-state index contributed by atoms with van der Waals surface area (Å²) in [6.45, 7) is 3.45. The topological polar surface area (TPSA) is 128 Å². The third-order valence-corrected chi connectivity index (χ3v) is 7.24. The molecule has 3 rings (SSSR count). The largest absolute Gasteiger partial charge is 0.494 e. The summed E-state index contributed by atoms with van der Waals surface area (Å²) in [5.74, 6) is -1.67. The molecule has 0 spiro atoms. The predicted octanol–water partition coefficient (Wildman–Crippen LogP) is 3.80. The number of hydrogen-bond acceptors (Lipinski definition) is 8. The summed E-state index contributed by atoms with van der Waals surface area (Å²) in [4.78, 5) is 37.5. The van der Waals surface area contributed by atoms with E-state index in [9.17, 15) is 22.8 Å². The number of amides is 1. The minimum Gasteiger partial charge on any atom is -0.494 e. The third-order valence-electron chi connectivity index (χ3n) is 5.45. The molecule has 0 fully saturated rings. The molecule has 1 amide bonds. The van der Waals surface area contributed by atoms with Gasteiger partial charge in [-0.1, -0.05) is 17.7 Å². The Labute approximate surface area is 221 Å². The average molecular weight is 541 g/mol. The molecule has 0 aliphatic carbocycles. The van der Waals surface area contributed by atoms with E-state index >= 15 is 0 Å². The molecule has 0 aliphatic rings. The maximum Gasteiger partial charge on any atom is 0.339 e. The third kappa shape index (κ3) is 6.48. The predicted molar refractivity (Wildman–Crippen MR) is 141 cm³/mol. The van der Waals surface area contributed by atoms with Gasteiger partial charge in [0.05, 0.1) is 48.2 Å². The molecule has 3 aromatic rings. The van der Waals surface area contributed by atoms with Crippen LogP contribution in [0.5, 0.6) is 5.75 Å². The van der Waals surface area contributed by atoms with E-state index in [0.717, 1.165) is 9.87 Å². The van der Waals surface area contributed by atoms with Crippen LogP contribution in [0.4, 0.5) is 11.4 Å². The van der Waals surface area contributed by atoms with E-state index in [1.54, 1.807) is 24.3 Å². The molecule has 0 aliphatic heterocycles. The van der Waals surface area contributed by atoms with Crippen LogP contribution in [0.25, 0.3) is 0 Å². The van der Waals surface area contributed by atoms with Crippen molar-refractivity contribution in [3.63, 3.8) is 0 Å². The number of anilines is 2. The SMILES string of the molecule is CCOc1ccc(N(CC(=O)Nc2cc(C(=O)OC)ccc2C(=O)OC)S(=O)(=O)c2ccc(C)cc2)cc1. The number of ether oxygens (including phenoxy) is 3. The fourth-order valence-corrected chi connectivity index (χ4v) is 4.95. The summed E-state index contributed by atoms with van der Waals surface area (Å²) < 4.78 is 43.1. The zero-order chi connectivity index (χ0) is 27.9. The van der Waals surface area contributed by atoms with Gasteiger partial charge < -0.3 is 19.5 Å². The lowest BCUT2D eigenvalue weighted by molar-refractivity contribution is -0.114. The number of nitrogens with zero attached hydrogens (tertiary/aromatic N) is 1. The fraction of sp³-hybridized carbons (Fsp3) is 0.222. The first-order chi connectivity index (χ1) is 18.1.